The SMILES string of the molecule is CC(C(O)=S)C(c1ccccc1)c1ccccc1.O=C(O)C(c1ccccc1)c1ccccc1.OC(c1ccccc1)c1ccccc1. The second-order valence-electron chi connectivity index (χ2n) is 11.2. The Balaban J connectivity index is 0.000000164. The molecule has 4 nitrogen and oxygen atoms in total. The van der Waals surface area contributed by atoms with Crippen LogP contribution in [0.3, 0.4) is 0 Å². The average molecular weight is 653 g/mol. The Labute approximate surface area is 288 Å². The summed E-state index contributed by atoms with van der Waals surface area (Å²) >= 11 is 4.95. The van der Waals surface area contributed by atoms with E-state index < -0.39 is 18.0 Å². The van der Waals surface area contributed by atoms with Crippen molar-refractivity contribution in [1.29, 1.82) is 0 Å². The summed E-state index contributed by atoms with van der Waals surface area (Å²) in [5, 5.41) is 29.0. The number of carboxylic acids is 1. The molecule has 0 aliphatic heterocycles. The van der Waals surface area contributed by atoms with Crippen molar-refractivity contribution in [3.63, 3.8) is 0 Å². The van der Waals surface area contributed by atoms with Gasteiger partial charge >= 0.3 is 5.97 Å². The van der Waals surface area contributed by atoms with E-state index in [1.165, 1.54) is 11.1 Å². The topological polar surface area (TPSA) is 77.8 Å². The van der Waals surface area contributed by atoms with Crippen molar-refractivity contribution in [2.75, 3.05) is 0 Å². The van der Waals surface area contributed by atoms with Gasteiger partial charge in [-0.3, -0.25) is 4.79 Å². The van der Waals surface area contributed by atoms with E-state index >= 15 is 0 Å². The van der Waals surface area contributed by atoms with Gasteiger partial charge in [-0.05, 0) is 45.6 Å². The molecule has 0 aromatic heterocycles. The second kappa shape index (κ2) is 18.7. The summed E-state index contributed by atoms with van der Waals surface area (Å²) < 4.78 is 0. The molecular formula is C43H40O4S. The van der Waals surface area contributed by atoms with Gasteiger partial charge in [0.05, 0.1) is 0 Å². The predicted octanol–water partition coefficient (Wildman–Crippen LogP) is 10.0. The number of rotatable bonds is 9. The Hall–Kier alpha value is -5.36. The molecule has 6 aromatic rings. The molecule has 0 spiro atoms. The van der Waals surface area contributed by atoms with Crippen LogP contribution in [0.25, 0.3) is 0 Å². The molecule has 5 heteroatoms. The number of aliphatic hydroxyl groups is 2. The van der Waals surface area contributed by atoms with Gasteiger partial charge in [0.2, 0.25) is 0 Å². The molecule has 0 aliphatic carbocycles. The zero-order chi connectivity index (χ0) is 34.1. The molecule has 1 unspecified atom stereocenters. The summed E-state index contributed by atoms with van der Waals surface area (Å²) in [6.45, 7) is 1.97. The zero-order valence-electron chi connectivity index (χ0n) is 26.8. The molecule has 242 valence electrons. The van der Waals surface area contributed by atoms with Crippen molar-refractivity contribution in [3.05, 3.63) is 215 Å². The first-order valence-corrected chi connectivity index (χ1v) is 16.2. The molecule has 0 bridgehead atoms. The molecule has 3 N–H and O–H groups in total. The number of carboxylic acid groups (broad SMARTS) is 1. The van der Waals surface area contributed by atoms with Crippen molar-refractivity contribution >= 4 is 23.2 Å². The molecule has 48 heavy (non-hydrogen) atoms. The number of hydrogen-bond acceptors (Lipinski definition) is 3. The van der Waals surface area contributed by atoms with E-state index in [4.69, 9.17) is 12.2 Å². The lowest BCUT2D eigenvalue weighted by atomic mass is 9.82. The largest absolute Gasteiger partial charge is 0.502 e. The number of aliphatic carboxylic acids is 1. The second-order valence-corrected chi connectivity index (χ2v) is 11.7. The number of benzene rings is 6. The third-order valence-electron chi connectivity index (χ3n) is 7.95. The zero-order valence-corrected chi connectivity index (χ0v) is 27.6. The van der Waals surface area contributed by atoms with Crippen LogP contribution in [0.15, 0.2) is 182 Å². The van der Waals surface area contributed by atoms with Crippen molar-refractivity contribution in [1.82, 2.24) is 0 Å². The first-order chi connectivity index (χ1) is 23.4. The molecule has 1 atom stereocenters. The molecule has 6 aromatic carbocycles. The maximum atomic E-state index is 11.3. The van der Waals surface area contributed by atoms with E-state index in [1.54, 1.807) is 0 Å². The van der Waals surface area contributed by atoms with Gasteiger partial charge in [-0.25, -0.2) is 0 Å². The van der Waals surface area contributed by atoms with E-state index in [0.717, 1.165) is 22.3 Å². The molecule has 0 radical (unpaired) electrons. The molecule has 0 fully saturated rings. The minimum atomic E-state index is -0.822. The highest BCUT2D eigenvalue weighted by atomic mass is 32.1. The van der Waals surface area contributed by atoms with Gasteiger partial charge in [0, 0.05) is 11.8 Å². The van der Waals surface area contributed by atoms with Crippen LogP contribution in [-0.4, -0.2) is 26.3 Å². The van der Waals surface area contributed by atoms with Gasteiger partial charge in [-0.1, -0.05) is 189 Å². The third kappa shape index (κ3) is 10.3. The van der Waals surface area contributed by atoms with Crippen LogP contribution in [0.2, 0.25) is 0 Å². The molecule has 0 heterocycles. The van der Waals surface area contributed by atoms with Crippen LogP contribution in [0.4, 0.5) is 0 Å². The molecule has 0 saturated heterocycles. The van der Waals surface area contributed by atoms with E-state index in [2.05, 4.69) is 24.3 Å². The summed E-state index contributed by atoms with van der Waals surface area (Å²) in [6, 6.07) is 58.2. The minimum Gasteiger partial charge on any atom is -0.502 e. The van der Waals surface area contributed by atoms with Gasteiger partial charge in [0.15, 0.2) is 5.05 Å². The first kappa shape index (κ1) is 35.5. The number of hydrogen-bond donors (Lipinski definition) is 3. The van der Waals surface area contributed by atoms with Gasteiger partial charge in [0.25, 0.3) is 0 Å². The lowest BCUT2D eigenvalue weighted by Crippen LogP contribution is -2.18. The summed E-state index contributed by atoms with van der Waals surface area (Å²) in [7, 11) is 0. The summed E-state index contributed by atoms with van der Waals surface area (Å²) in [5.74, 6) is -1.38. The molecule has 0 aliphatic rings. The summed E-state index contributed by atoms with van der Waals surface area (Å²) in [5.41, 5.74) is 5.82. The average Bonchev–Trinajstić information content (AvgIpc) is 3.14. The van der Waals surface area contributed by atoms with Gasteiger partial charge < -0.3 is 15.3 Å². The Morgan fingerprint density at radius 1 is 0.458 bits per heavy atom. The highest BCUT2D eigenvalue weighted by Crippen LogP contribution is 2.32. The Morgan fingerprint density at radius 2 is 0.708 bits per heavy atom. The monoisotopic (exact) mass is 652 g/mol. The Kier molecular flexibility index (Phi) is 13.8. The fourth-order valence-electron chi connectivity index (χ4n) is 5.46. The Bertz CT molecular complexity index is 1660. The number of aliphatic hydroxyl groups excluding tert-OH is 2. The van der Waals surface area contributed by atoms with Crippen molar-refractivity contribution in [2.24, 2.45) is 5.92 Å². The standard InChI is InChI=1S/C16H16OS.C14H12O2.C13H12O/c1-12(16(17)18)15(13-8-4-2-5-9-13)14-10-6-3-7-11-14;15-14(16)13(11-7-3-1-4-8-11)12-9-5-2-6-10-12;14-13(11-7-3-1-4-8-11)12-9-5-2-6-10-12/h2-12,15H,1H3,(H,17,18);1-10,13H,(H,15,16);1-10,13-14H. The molecule has 0 saturated carbocycles. The minimum absolute atomic E-state index is 0.0627. The van der Waals surface area contributed by atoms with Gasteiger partial charge in [-0.2, -0.15) is 0 Å². The van der Waals surface area contributed by atoms with Crippen LogP contribution in [0.5, 0.6) is 0 Å². The van der Waals surface area contributed by atoms with Crippen LogP contribution >= 0.6 is 12.2 Å². The number of thiocarbonyl (C=S) groups is 1. The molecule has 6 rings (SSSR count). The molecular weight excluding hydrogens is 613 g/mol. The lowest BCUT2D eigenvalue weighted by Gasteiger charge is -2.23. The van der Waals surface area contributed by atoms with Crippen LogP contribution in [-0.2, 0) is 4.79 Å². The lowest BCUT2D eigenvalue weighted by molar-refractivity contribution is -0.137. The van der Waals surface area contributed by atoms with E-state index in [-0.39, 0.29) is 16.9 Å². The first-order valence-electron chi connectivity index (χ1n) is 15.8. The van der Waals surface area contributed by atoms with Crippen LogP contribution in [0.1, 0.15) is 58.2 Å². The van der Waals surface area contributed by atoms with Gasteiger partial charge in [-0.15, -0.1) is 0 Å². The highest BCUT2D eigenvalue weighted by Gasteiger charge is 2.24. The fraction of sp³-hybridized carbons (Fsp3) is 0.116. The van der Waals surface area contributed by atoms with Crippen molar-refractivity contribution < 1.29 is 20.1 Å². The maximum absolute atomic E-state index is 11.3. The normalized spacial score (nSPS) is 11.1. The third-order valence-corrected chi connectivity index (χ3v) is 8.32. The summed E-state index contributed by atoms with van der Waals surface area (Å²) in [6.07, 6.45) is -0.516. The Morgan fingerprint density at radius 3 is 0.958 bits per heavy atom. The van der Waals surface area contributed by atoms with Crippen LogP contribution in [0, 0.1) is 5.92 Å². The van der Waals surface area contributed by atoms with Crippen molar-refractivity contribution in [3.8, 4) is 0 Å². The molecule has 0 amide bonds. The van der Waals surface area contributed by atoms with E-state index in [9.17, 15) is 20.1 Å². The maximum Gasteiger partial charge on any atom is 0.315 e. The highest BCUT2D eigenvalue weighted by molar-refractivity contribution is 7.80. The quantitative estimate of drug-likeness (QED) is 0.136. The predicted molar refractivity (Wildman–Crippen MR) is 198 cm³/mol. The number of carbonyl (C=O) groups is 1. The van der Waals surface area contributed by atoms with Crippen LogP contribution < -0.4 is 0 Å². The van der Waals surface area contributed by atoms with E-state index in [1.807, 2.05) is 165 Å². The van der Waals surface area contributed by atoms with E-state index in [0.29, 0.717) is 0 Å². The smallest absolute Gasteiger partial charge is 0.315 e. The fourth-order valence-corrected chi connectivity index (χ4v) is 5.60. The summed E-state index contributed by atoms with van der Waals surface area (Å²) in [4.78, 5) is 11.3. The van der Waals surface area contributed by atoms with Crippen molar-refractivity contribution in [2.45, 2.75) is 24.9 Å². The van der Waals surface area contributed by atoms with Gasteiger partial charge in [0.1, 0.15) is 12.0 Å².